The molecule has 9 heteroatoms. The molecule has 0 bridgehead atoms. The minimum atomic E-state index is -3.77. The van der Waals surface area contributed by atoms with E-state index in [1.165, 1.54) is 0 Å². The first-order valence-corrected chi connectivity index (χ1v) is 12.9. The van der Waals surface area contributed by atoms with Crippen molar-refractivity contribution in [3.8, 4) is 11.1 Å². The molecule has 3 fully saturated rings. The van der Waals surface area contributed by atoms with E-state index < -0.39 is 41.1 Å². The van der Waals surface area contributed by atoms with Gasteiger partial charge in [-0.1, -0.05) is 54.6 Å². The van der Waals surface area contributed by atoms with Crippen LogP contribution in [0.1, 0.15) is 18.4 Å². The number of alkyl halides is 2. The molecule has 2 saturated heterocycles. The number of carbonyl (C=O) groups excluding carboxylic acids is 1. The van der Waals surface area contributed by atoms with E-state index in [1.54, 1.807) is 4.90 Å². The van der Waals surface area contributed by atoms with Gasteiger partial charge in [-0.25, -0.2) is 27.1 Å². The third-order valence-corrected chi connectivity index (χ3v) is 8.10. The number of rotatable bonds is 5. The van der Waals surface area contributed by atoms with Crippen LogP contribution in [-0.4, -0.2) is 61.6 Å². The molecular formula is C24H27F2N3O3S. The summed E-state index contributed by atoms with van der Waals surface area (Å²) in [5.41, 5.74) is 2.75. The predicted octanol–water partition coefficient (Wildman–Crippen LogP) is 3.34. The highest BCUT2D eigenvalue weighted by atomic mass is 32.2. The van der Waals surface area contributed by atoms with Crippen LogP contribution in [-0.2, 0) is 16.4 Å². The van der Waals surface area contributed by atoms with Gasteiger partial charge in [-0.05, 0) is 41.4 Å². The average molecular weight is 476 g/mol. The lowest BCUT2D eigenvalue weighted by Crippen LogP contribution is -2.62. The van der Waals surface area contributed by atoms with Crippen LogP contribution in [0, 0.1) is 11.3 Å². The molecule has 2 amide bonds. The van der Waals surface area contributed by atoms with Crippen molar-refractivity contribution in [2.24, 2.45) is 16.5 Å². The Kier molecular flexibility index (Phi) is 5.25. The number of hydrogen-bond acceptors (Lipinski definition) is 3. The van der Waals surface area contributed by atoms with Gasteiger partial charge in [-0.3, -0.25) is 0 Å². The summed E-state index contributed by atoms with van der Waals surface area (Å²) in [5, 5.41) is 5.43. The molecule has 1 aliphatic carbocycles. The summed E-state index contributed by atoms with van der Waals surface area (Å²) < 4.78 is 51.0. The van der Waals surface area contributed by atoms with Crippen molar-refractivity contribution in [1.82, 2.24) is 9.80 Å². The minimum absolute atomic E-state index is 0.212. The van der Waals surface area contributed by atoms with E-state index >= 15 is 0 Å². The summed E-state index contributed by atoms with van der Waals surface area (Å²) in [4.78, 5) is 16.0. The fourth-order valence-corrected chi connectivity index (χ4v) is 6.54. The number of sulfonamides is 1. The summed E-state index contributed by atoms with van der Waals surface area (Å²) in [6, 6.07) is 17.0. The van der Waals surface area contributed by atoms with Gasteiger partial charge in [-0.2, -0.15) is 0 Å². The number of likely N-dealkylation sites (tertiary alicyclic amines) is 2. The molecule has 2 unspecified atom stereocenters. The molecular weight excluding hydrogens is 448 g/mol. The van der Waals surface area contributed by atoms with Crippen molar-refractivity contribution in [3.05, 3.63) is 60.2 Å². The molecule has 6 nitrogen and oxygen atoms in total. The van der Waals surface area contributed by atoms with E-state index in [0.717, 1.165) is 34.4 Å². The fourth-order valence-electron chi connectivity index (χ4n) is 5.47. The molecule has 0 radical (unpaired) electrons. The Morgan fingerprint density at radius 1 is 1.00 bits per heavy atom. The second-order valence-electron chi connectivity index (χ2n) is 9.76. The van der Waals surface area contributed by atoms with Gasteiger partial charge in [-0.15, -0.1) is 0 Å². The summed E-state index contributed by atoms with van der Waals surface area (Å²) in [6.45, 7) is -0.798. The van der Waals surface area contributed by atoms with Gasteiger partial charge >= 0.3 is 6.03 Å². The number of nitrogens with two attached hydrogens (primary N) is 1. The van der Waals surface area contributed by atoms with Crippen molar-refractivity contribution in [2.45, 2.75) is 31.2 Å². The van der Waals surface area contributed by atoms with Crippen LogP contribution in [0.3, 0.4) is 0 Å². The van der Waals surface area contributed by atoms with Gasteiger partial charge in [0.25, 0.3) is 5.92 Å². The molecule has 5 rings (SSSR count). The normalized spacial score (nSPS) is 25.2. The van der Waals surface area contributed by atoms with Crippen molar-refractivity contribution in [2.75, 3.05) is 25.4 Å². The van der Waals surface area contributed by atoms with Gasteiger partial charge in [0.1, 0.15) is 0 Å². The minimum Gasteiger partial charge on any atom is -0.320 e. The summed E-state index contributed by atoms with van der Waals surface area (Å²) >= 11 is 0. The largest absolute Gasteiger partial charge is 0.320 e. The Bertz CT molecular complexity index is 1160. The van der Waals surface area contributed by atoms with Crippen LogP contribution >= 0.6 is 0 Å². The molecule has 176 valence electrons. The number of benzene rings is 2. The van der Waals surface area contributed by atoms with E-state index in [0.29, 0.717) is 13.0 Å². The summed E-state index contributed by atoms with van der Waals surface area (Å²) in [6.07, 6.45) is 2.07. The molecule has 2 aromatic carbocycles. The number of amides is 2. The van der Waals surface area contributed by atoms with E-state index in [1.807, 2.05) is 54.6 Å². The maximum Gasteiger partial charge on any atom is 0.320 e. The third-order valence-electron chi connectivity index (χ3n) is 7.28. The zero-order valence-corrected chi connectivity index (χ0v) is 19.0. The molecule has 2 atom stereocenters. The highest BCUT2D eigenvalue weighted by Gasteiger charge is 2.62. The SMILES string of the molecule is NS(=O)(=O)CC1C(Cc2cccc(-c3ccccc3)c2)N(C(=O)N2CC(F)(F)C2)CC12CC2. The number of urea groups is 1. The van der Waals surface area contributed by atoms with E-state index in [2.05, 4.69) is 0 Å². The van der Waals surface area contributed by atoms with Crippen LogP contribution in [0.25, 0.3) is 11.1 Å². The first kappa shape index (κ1) is 22.3. The van der Waals surface area contributed by atoms with Crippen LogP contribution < -0.4 is 5.14 Å². The first-order chi connectivity index (χ1) is 15.6. The molecule has 2 aliphatic heterocycles. The van der Waals surface area contributed by atoms with Crippen LogP contribution in [0.5, 0.6) is 0 Å². The Labute approximate surface area is 192 Å². The quantitative estimate of drug-likeness (QED) is 0.720. The lowest BCUT2D eigenvalue weighted by Gasteiger charge is -2.42. The Morgan fingerprint density at radius 2 is 1.67 bits per heavy atom. The predicted molar refractivity (Wildman–Crippen MR) is 121 cm³/mol. The van der Waals surface area contributed by atoms with E-state index in [9.17, 15) is 22.0 Å². The van der Waals surface area contributed by atoms with Crippen LogP contribution in [0.2, 0.25) is 0 Å². The highest BCUT2D eigenvalue weighted by Crippen LogP contribution is 2.59. The zero-order chi connectivity index (χ0) is 23.4. The smallest absolute Gasteiger partial charge is 0.320 e. The Morgan fingerprint density at radius 3 is 2.27 bits per heavy atom. The van der Waals surface area contributed by atoms with Crippen molar-refractivity contribution in [3.63, 3.8) is 0 Å². The monoisotopic (exact) mass is 475 g/mol. The van der Waals surface area contributed by atoms with Crippen molar-refractivity contribution < 1.29 is 22.0 Å². The van der Waals surface area contributed by atoms with Crippen LogP contribution in [0.4, 0.5) is 13.6 Å². The Hall–Kier alpha value is -2.52. The van der Waals surface area contributed by atoms with Gasteiger partial charge in [0.15, 0.2) is 0 Å². The maximum absolute atomic E-state index is 13.4. The second-order valence-corrected chi connectivity index (χ2v) is 11.4. The number of halogens is 2. The van der Waals surface area contributed by atoms with Crippen molar-refractivity contribution in [1.29, 1.82) is 0 Å². The average Bonchev–Trinajstić information content (AvgIpc) is 3.47. The maximum atomic E-state index is 13.4. The van der Waals surface area contributed by atoms with Gasteiger partial charge in [0.05, 0.1) is 18.8 Å². The number of hydrogen-bond donors (Lipinski definition) is 1. The zero-order valence-electron chi connectivity index (χ0n) is 18.2. The van der Waals surface area contributed by atoms with Gasteiger partial charge < -0.3 is 9.80 Å². The fraction of sp³-hybridized carbons (Fsp3) is 0.458. The van der Waals surface area contributed by atoms with Crippen LogP contribution in [0.15, 0.2) is 54.6 Å². The Balaban J connectivity index is 1.45. The lowest BCUT2D eigenvalue weighted by molar-refractivity contribution is -0.114. The highest BCUT2D eigenvalue weighted by molar-refractivity contribution is 7.89. The molecule has 1 saturated carbocycles. The summed E-state index contributed by atoms with van der Waals surface area (Å²) in [5.74, 6) is -3.39. The van der Waals surface area contributed by atoms with E-state index in [-0.39, 0.29) is 17.1 Å². The van der Waals surface area contributed by atoms with E-state index in [4.69, 9.17) is 5.14 Å². The second kappa shape index (κ2) is 7.77. The number of carbonyl (C=O) groups is 1. The number of primary sulfonamides is 1. The van der Waals surface area contributed by atoms with Gasteiger partial charge in [0.2, 0.25) is 10.0 Å². The standard InChI is InChI=1S/C24H27F2N3O3S/c25-24(26)15-28(16-24)22(30)29-14-23(9-10-23)20(13-33(27,31)32)21(29)12-17-5-4-8-19(11-17)18-6-2-1-3-7-18/h1-8,11,20-21H,9-10,12-16H2,(H2,27,31,32). The summed E-state index contributed by atoms with van der Waals surface area (Å²) in [7, 11) is -3.77. The lowest BCUT2D eigenvalue weighted by atomic mass is 9.86. The van der Waals surface area contributed by atoms with Crippen molar-refractivity contribution >= 4 is 16.1 Å². The molecule has 2 N–H and O–H groups in total. The molecule has 2 aromatic rings. The third kappa shape index (κ3) is 4.48. The topological polar surface area (TPSA) is 83.7 Å². The molecule has 33 heavy (non-hydrogen) atoms. The molecule has 3 aliphatic rings. The first-order valence-electron chi connectivity index (χ1n) is 11.1. The molecule has 0 aromatic heterocycles. The molecule has 1 spiro atoms. The molecule has 2 heterocycles. The number of nitrogens with zero attached hydrogens (tertiary/aromatic N) is 2. The van der Waals surface area contributed by atoms with Gasteiger partial charge in [0, 0.05) is 18.5 Å².